The molecule has 0 N–H and O–H groups in total. The van der Waals surface area contributed by atoms with Crippen LogP contribution in [0.4, 0.5) is 0 Å². The van der Waals surface area contributed by atoms with Gasteiger partial charge in [-0.25, -0.2) is 0 Å². The van der Waals surface area contributed by atoms with Crippen LogP contribution in [0.5, 0.6) is 0 Å². The van der Waals surface area contributed by atoms with Gasteiger partial charge in [0.25, 0.3) is 0 Å². The molecule has 1 aromatic carbocycles. The number of carbonyl (C=O) groups is 1. The fourth-order valence-electron chi connectivity index (χ4n) is 4.42. The number of Topliss-reactive ketones (excluding diaryl/α,β-unsaturated/α-hetero) is 1. The third kappa shape index (κ3) is 2.27. The van der Waals surface area contributed by atoms with Crippen molar-refractivity contribution in [2.45, 2.75) is 31.8 Å². The highest BCUT2D eigenvalue weighted by molar-refractivity contribution is 6.09. The Balaban J connectivity index is 1.88. The minimum absolute atomic E-state index is 0.0417. The molecule has 23 heavy (non-hydrogen) atoms. The molecule has 2 unspecified atom stereocenters. The van der Waals surface area contributed by atoms with Crippen molar-refractivity contribution >= 4 is 11.5 Å². The largest absolute Gasteiger partial charge is 0.353 e. The van der Waals surface area contributed by atoms with E-state index in [0.717, 1.165) is 56.6 Å². The number of hydrogen-bond donors (Lipinski definition) is 0. The SMILES string of the molecule is N#CC1=C(c2ccccc2)N2CCCN3CCCCC(C1=O)C32. The Morgan fingerprint density at radius 1 is 1.04 bits per heavy atom. The standard InChI is InChI=1S/C19H21N3O/c20-13-16-17(14-7-2-1-3-8-14)22-12-6-11-21-10-5-4-9-15(18(16)23)19(21)22/h1-3,7-8,15,19H,4-6,9-12H2. The van der Waals surface area contributed by atoms with Crippen molar-refractivity contribution in [2.75, 3.05) is 19.6 Å². The molecule has 3 aliphatic rings. The molecule has 2 fully saturated rings. The number of nitriles is 1. The van der Waals surface area contributed by atoms with Gasteiger partial charge in [0.1, 0.15) is 11.6 Å². The van der Waals surface area contributed by atoms with Crippen molar-refractivity contribution < 1.29 is 4.79 Å². The van der Waals surface area contributed by atoms with Gasteiger partial charge in [0, 0.05) is 19.6 Å². The summed E-state index contributed by atoms with van der Waals surface area (Å²) in [6.07, 6.45) is 4.37. The first-order valence-corrected chi connectivity index (χ1v) is 8.56. The Kier molecular flexibility index (Phi) is 3.66. The van der Waals surface area contributed by atoms with Crippen molar-refractivity contribution in [3.63, 3.8) is 0 Å². The summed E-state index contributed by atoms with van der Waals surface area (Å²) in [4.78, 5) is 17.8. The van der Waals surface area contributed by atoms with Crippen molar-refractivity contribution in [3.05, 3.63) is 41.5 Å². The lowest BCUT2D eigenvalue weighted by atomic mass is 9.83. The van der Waals surface area contributed by atoms with Gasteiger partial charge in [-0.2, -0.15) is 5.26 Å². The Hall–Kier alpha value is -2.12. The Morgan fingerprint density at radius 3 is 2.61 bits per heavy atom. The molecule has 4 rings (SSSR count). The highest BCUT2D eigenvalue weighted by Gasteiger charge is 2.46. The number of nitrogens with zero attached hydrogens (tertiary/aromatic N) is 3. The van der Waals surface area contributed by atoms with Gasteiger partial charge in [-0.05, 0) is 24.8 Å². The van der Waals surface area contributed by atoms with Crippen LogP contribution in [0.2, 0.25) is 0 Å². The molecule has 0 radical (unpaired) electrons. The normalized spacial score (nSPS) is 28.1. The van der Waals surface area contributed by atoms with E-state index in [-0.39, 0.29) is 17.9 Å². The van der Waals surface area contributed by atoms with Crippen LogP contribution in [0.25, 0.3) is 5.70 Å². The molecule has 0 aromatic heterocycles. The van der Waals surface area contributed by atoms with E-state index in [0.29, 0.717) is 5.57 Å². The topological polar surface area (TPSA) is 47.3 Å². The first kappa shape index (κ1) is 14.5. The van der Waals surface area contributed by atoms with Crippen LogP contribution in [0.3, 0.4) is 0 Å². The molecule has 0 spiro atoms. The molecule has 0 bridgehead atoms. The van der Waals surface area contributed by atoms with Crippen LogP contribution < -0.4 is 0 Å². The zero-order valence-corrected chi connectivity index (χ0v) is 13.2. The predicted molar refractivity (Wildman–Crippen MR) is 88.0 cm³/mol. The van der Waals surface area contributed by atoms with Crippen LogP contribution >= 0.6 is 0 Å². The van der Waals surface area contributed by atoms with Gasteiger partial charge >= 0.3 is 0 Å². The van der Waals surface area contributed by atoms with Gasteiger partial charge in [-0.3, -0.25) is 9.69 Å². The molecule has 0 saturated carbocycles. The van der Waals surface area contributed by atoms with Gasteiger partial charge < -0.3 is 4.90 Å². The fourth-order valence-corrected chi connectivity index (χ4v) is 4.42. The summed E-state index contributed by atoms with van der Waals surface area (Å²) in [6.45, 7) is 3.06. The third-order valence-electron chi connectivity index (χ3n) is 5.37. The van der Waals surface area contributed by atoms with Gasteiger partial charge in [0.05, 0.1) is 17.8 Å². The number of allylic oxidation sites excluding steroid dienone is 1. The molecule has 4 nitrogen and oxygen atoms in total. The molecule has 0 amide bonds. The van der Waals surface area contributed by atoms with Crippen LogP contribution in [0.15, 0.2) is 35.9 Å². The Morgan fingerprint density at radius 2 is 1.83 bits per heavy atom. The van der Waals surface area contributed by atoms with E-state index in [1.807, 2.05) is 30.3 Å². The van der Waals surface area contributed by atoms with Crippen LogP contribution in [-0.2, 0) is 4.79 Å². The second-order valence-corrected chi connectivity index (χ2v) is 6.66. The summed E-state index contributed by atoms with van der Waals surface area (Å²) < 4.78 is 0. The van der Waals surface area contributed by atoms with E-state index in [1.165, 1.54) is 0 Å². The summed E-state index contributed by atoms with van der Waals surface area (Å²) >= 11 is 0. The zero-order chi connectivity index (χ0) is 15.8. The predicted octanol–water partition coefficient (Wildman–Crippen LogP) is 2.64. The van der Waals surface area contributed by atoms with E-state index in [2.05, 4.69) is 15.9 Å². The number of ketones is 1. The van der Waals surface area contributed by atoms with E-state index in [1.54, 1.807) is 0 Å². The zero-order valence-electron chi connectivity index (χ0n) is 13.2. The first-order chi connectivity index (χ1) is 11.3. The van der Waals surface area contributed by atoms with Crippen molar-refractivity contribution in [2.24, 2.45) is 5.92 Å². The van der Waals surface area contributed by atoms with Gasteiger partial charge in [-0.15, -0.1) is 0 Å². The maximum atomic E-state index is 13.0. The summed E-state index contributed by atoms with van der Waals surface area (Å²) in [5, 5.41) is 9.68. The van der Waals surface area contributed by atoms with Crippen molar-refractivity contribution in [3.8, 4) is 6.07 Å². The smallest absolute Gasteiger partial charge is 0.182 e. The summed E-state index contributed by atoms with van der Waals surface area (Å²) in [6, 6.07) is 12.2. The number of hydrogen-bond acceptors (Lipinski definition) is 4. The van der Waals surface area contributed by atoms with E-state index in [4.69, 9.17) is 0 Å². The minimum atomic E-state index is -0.0417. The summed E-state index contributed by atoms with van der Waals surface area (Å²) in [5.74, 6) is 0.0151. The molecule has 2 saturated heterocycles. The molecule has 118 valence electrons. The monoisotopic (exact) mass is 307 g/mol. The minimum Gasteiger partial charge on any atom is -0.353 e. The van der Waals surface area contributed by atoms with E-state index in [9.17, 15) is 10.1 Å². The molecule has 3 aliphatic heterocycles. The fraction of sp³-hybridized carbons (Fsp3) is 0.474. The molecular weight excluding hydrogens is 286 g/mol. The summed E-state index contributed by atoms with van der Waals surface area (Å²) in [7, 11) is 0. The first-order valence-electron chi connectivity index (χ1n) is 8.56. The molecule has 2 atom stereocenters. The molecule has 4 heteroatoms. The lowest BCUT2D eigenvalue weighted by molar-refractivity contribution is -0.126. The highest BCUT2D eigenvalue weighted by Crippen LogP contribution is 2.41. The quantitative estimate of drug-likeness (QED) is 0.800. The summed E-state index contributed by atoms with van der Waals surface area (Å²) in [5.41, 5.74) is 2.20. The number of benzene rings is 1. The number of rotatable bonds is 1. The molecule has 1 aromatic rings. The maximum absolute atomic E-state index is 13.0. The number of carbonyl (C=O) groups excluding carboxylic acids is 1. The van der Waals surface area contributed by atoms with E-state index < -0.39 is 0 Å². The van der Waals surface area contributed by atoms with Gasteiger partial charge in [-0.1, -0.05) is 36.8 Å². The Labute approximate surface area is 137 Å². The lowest BCUT2D eigenvalue weighted by Gasteiger charge is -2.50. The van der Waals surface area contributed by atoms with Gasteiger partial charge in [0.15, 0.2) is 5.78 Å². The third-order valence-corrected chi connectivity index (χ3v) is 5.37. The maximum Gasteiger partial charge on any atom is 0.182 e. The van der Waals surface area contributed by atoms with E-state index >= 15 is 0 Å². The Bertz CT molecular complexity index is 688. The lowest BCUT2D eigenvalue weighted by Crippen LogP contribution is -2.59. The average Bonchev–Trinajstić information content (AvgIpc) is 2.82. The van der Waals surface area contributed by atoms with Crippen LogP contribution in [0, 0.1) is 17.2 Å². The second kappa shape index (κ2) is 5.82. The molecule has 3 heterocycles. The molecule has 0 aliphatic carbocycles. The molecular formula is C19H21N3O. The van der Waals surface area contributed by atoms with Crippen molar-refractivity contribution in [1.82, 2.24) is 9.80 Å². The van der Waals surface area contributed by atoms with Crippen LogP contribution in [0.1, 0.15) is 31.2 Å². The highest BCUT2D eigenvalue weighted by atomic mass is 16.1. The second-order valence-electron chi connectivity index (χ2n) is 6.66. The average molecular weight is 307 g/mol. The van der Waals surface area contributed by atoms with Gasteiger partial charge in [0.2, 0.25) is 0 Å². The van der Waals surface area contributed by atoms with Crippen molar-refractivity contribution in [1.29, 1.82) is 5.26 Å². The van der Waals surface area contributed by atoms with Crippen LogP contribution in [-0.4, -0.2) is 41.4 Å².